The molecule has 0 aromatic heterocycles. The minimum Gasteiger partial charge on any atom is -0.207 e. The Hall–Kier alpha value is -0.850. The van der Waals surface area contributed by atoms with Gasteiger partial charge in [0.15, 0.2) is 0 Å². The maximum absolute atomic E-state index is 12.9. The van der Waals surface area contributed by atoms with Gasteiger partial charge in [-0.05, 0) is 47.9 Å². The first kappa shape index (κ1) is 20.5. The molecule has 1 heteroatoms. The molecule has 0 amide bonds. The van der Waals surface area contributed by atoms with Crippen molar-refractivity contribution >= 4 is 0 Å². The second-order valence-electron chi connectivity index (χ2n) is 4.15. The van der Waals surface area contributed by atoms with E-state index < -0.39 is 0 Å². The molecule has 0 radical (unpaired) electrons. The molecule has 0 saturated heterocycles. The Morgan fingerprint density at radius 2 is 1.47 bits per heavy atom. The van der Waals surface area contributed by atoms with Gasteiger partial charge in [0.1, 0.15) is 5.82 Å². The molecule has 19 heavy (non-hydrogen) atoms. The molecule has 0 N–H and O–H groups in total. The number of rotatable bonds is 0. The van der Waals surface area contributed by atoms with Crippen LogP contribution >= 0.6 is 0 Å². The largest absolute Gasteiger partial charge is 0.207 e. The predicted octanol–water partition coefficient (Wildman–Crippen LogP) is 6.59. The Labute approximate surface area is 120 Å². The number of fused-ring (bicyclic) bond motifs is 1. The fourth-order valence-electron chi connectivity index (χ4n) is 2.17. The first-order chi connectivity index (χ1) is 9.18. The lowest BCUT2D eigenvalue weighted by molar-refractivity contribution is 0.424. The minimum atomic E-state index is -0.0968. The first-order valence-electron chi connectivity index (χ1n) is 7.97. The Kier molecular flexibility index (Phi) is 13.1. The van der Waals surface area contributed by atoms with E-state index in [4.69, 9.17) is 0 Å². The summed E-state index contributed by atoms with van der Waals surface area (Å²) in [4.78, 5) is 0. The molecule has 1 aromatic rings. The molecule has 0 fully saturated rings. The van der Waals surface area contributed by atoms with E-state index in [-0.39, 0.29) is 5.82 Å². The molecule has 2 atom stereocenters. The highest BCUT2D eigenvalue weighted by Crippen LogP contribution is 2.35. The maximum Gasteiger partial charge on any atom is 0.123 e. The molecule has 0 nitrogen and oxygen atoms in total. The maximum atomic E-state index is 12.9. The van der Waals surface area contributed by atoms with E-state index in [1.54, 1.807) is 12.1 Å². The summed E-state index contributed by atoms with van der Waals surface area (Å²) >= 11 is 0. The van der Waals surface area contributed by atoms with Gasteiger partial charge in [0.05, 0.1) is 0 Å². The van der Waals surface area contributed by atoms with Crippen LogP contribution in [0, 0.1) is 11.7 Å². The van der Waals surface area contributed by atoms with E-state index in [9.17, 15) is 4.39 Å². The highest BCUT2D eigenvalue weighted by Gasteiger charge is 2.22. The van der Waals surface area contributed by atoms with Crippen molar-refractivity contribution in [3.63, 3.8) is 0 Å². The van der Waals surface area contributed by atoms with Gasteiger partial charge in [0.2, 0.25) is 0 Å². The van der Waals surface area contributed by atoms with Crippen molar-refractivity contribution in [2.24, 2.45) is 5.92 Å². The van der Waals surface area contributed by atoms with Gasteiger partial charge in [0.25, 0.3) is 0 Å². The van der Waals surface area contributed by atoms with Crippen LogP contribution in [0.15, 0.2) is 18.2 Å². The molecule has 1 aliphatic rings. The van der Waals surface area contributed by atoms with E-state index in [2.05, 4.69) is 13.8 Å². The molecular formula is C18H33F. The van der Waals surface area contributed by atoms with E-state index in [1.165, 1.54) is 17.5 Å². The zero-order valence-electron chi connectivity index (χ0n) is 14.2. The van der Waals surface area contributed by atoms with Gasteiger partial charge in [-0.25, -0.2) is 4.39 Å². The van der Waals surface area contributed by atoms with Gasteiger partial charge in [-0.3, -0.25) is 0 Å². The third-order valence-electron chi connectivity index (χ3n) is 3.32. The number of halogens is 1. The van der Waals surface area contributed by atoms with Crippen molar-refractivity contribution in [1.29, 1.82) is 0 Å². The average molecular weight is 268 g/mol. The summed E-state index contributed by atoms with van der Waals surface area (Å²) in [6, 6.07) is 5.22. The Morgan fingerprint density at radius 1 is 0.947 bits per heavy atom. The average Bonchev–Trinajstić information content (AvgIpc) is 2.49. The van der Waals surface area contributed by atoms with E-state index in [0.29, 0.717) is 5.92 Å². The lowest BCUT2D eigenvalue weighted by Crippen LogP contribution is -2.15. The van der Waals surface area contributed by atoms with Crippen LogP contribution in [-0.2, 0) is 6.42 Å². The first-order valence-corrected chi connectivity index (χ1v) is 7.97. The molecule has 2 unspecified atom stereocenters. The standard InChI is InChI=1S/C12H15F.3C2H6/c1-8-3-4-10-7-11(13)5-6-12(10)9(8)2;3*1-2/h5-9H,3-4H2,1-2H3;3*1-2H3. The van der Waals surface area contributed by atoms with E-state index in [0.717, 1.165) is 12.3 Å². The monoisotopic (exact) mass is 268 g/mol. The van der Waals surface area contributed by atoms with Gasteiger partial charge in [0, 0.05) is 0 Å². The summed E-state index contributed by atoms with van der Waals surface area (Å²) in [5.74, 6) is 1.22. The van der Waals surface area contributed by atoms with Gasteiger partial charge >= 0.3 is 0 Å². The second kappa shape index (κ2) is 12.2. The fraction of sp³-hybridized carbons (Fsp3) is 0.667. The zero-order chi connectivity index (χ0) is 15.4. The number of hydrogen-bond donors (Lipinski definition) is 0. The van der Waals surface area contributed by atoms with Gasteiger partial charge < -0.3 is 0 Å². The number of aryl methyl sites for hydroxylation is 1. The quantitative estimate of drug-likeness (QED) is 0.498. The van der Waals surface area contributed by atoms with Crippen molar-refractivity contribution < 1.29 is 4.39 Å². The molecule has 0 saturated carbocycles. The highest BCUT2D eigenvalue weighted by molar-refractivity contribution is 5.33. The van der Waals surface area contributed by atoms with Gasteiger partial charge in [-0.15, -0.1) is 0 Å². The van der Waals surface area contributed by atoms with Crippen molar-refractivity contribution in [3.8, 4) is 0 Å². The van der Waals surface area contributed by atoms with Crippen LogP contribution in [0.4, 0.5) is 4.39 Å². The summed E-state index contributed by atoms with van der Waals surface area (Å²) < 4.78 is 12.9. The molecule has 1 aliphatic carbocycles. The number of hydrogen-bond acceptors (Lipinski definition) is 0. The zero-order valence-corrected chi connectivity index (χ0v) is 14.2. The highest BCUT2D eigenvalue weighted by atomic mass is 19.1. The normalized spacial score (nSPS) is 19.4. The van der Waals surface area contributed by atoms with Crippen LogP contribution in [0.5, 0.6) is 0 Å². The van der Waals surface area contributed by atoms with E-state index >= 15 is 0 Å². The smallest absolute Gasteiger partial charge is 0.123 e. The van der Waals surface area contributed by atoms with Crippen molar-refractivity contribution in [1.82, 2.24) is 0 Å². The van der Waals surface area contributed by atoms with E-state index in [1.807, 2.05) is 47.6 Å². The number of benzene rings is 1. The van der Waals surface area contributed by atoms with Crippen LogP contribution in [0.2, 0.25) is 0 Å². The van der Waals surface area contributed by atoms with Gasteiger partial charge in [-0.2, -0.15) is 0 Å². The fourth-order valence-corrected chi connectivity index (χ4v) is 2.17. The van der Waals surface area contributed by atoms with Crippen LogP contribution in [0.25, 0.3) is 0 Å². The van der Waals surface area contributed by atoms with Crippen LogP contribution < -0.4 is 0 Å². The topological polar surface area (TPSA) is 0 Å². The minimum absolute atomic E-state index is 0.0968. The summed E-state index contributed by atoms with van der Waals surface area (Å²) in [5.41, 5.74) is 2.56. The van der Waals surface area contributed by atoms with Crippen molar-refractivity contribution in [3.05, 3.63) is 35.1 Å². The Bertz CT molecular complexity index is 317. The van der Waals surface area contributed by atoms with Crippen molar-refractivity contribution in [2.45, 2.75) is 74.1 Å². The van der Waals surface area contributed by atoms with Crippen molar-refractivity contribution in [2.75, 3.05) is 0 Å². The molecule has 1 aromatic carbocycles. The Balaban J connectivity index is 0. The van der Waals surface area contributed by atoms with Gasteiger partial charge in [-0.1, -0.05) is 61.5 Å². The summed E-state index contributed by atoms with van der Waals surface area (Å²) in [6.07, 6.45) is 2.23. The lowest BCUT2D eigenvalue weighted by Gasteiger charge is -2.28. The predicted molar refractivity (Wildman–Crippen MR) is 86.3 cm³/mol. The van der Waals surface area contributed by atoms with Crippen LogP contribution in [-0.4, -0.2) is 0 Å². The third kappa shape index (κ3) is 6.22. The molecule has 0 spiro atoms. The third-order valence-corrected chi connectivity index (χ3v) is 3.32. The molecule has 2 rings (SSSR count). The molecule has 112 valence electrons. The van der Waals surface area contributed by atoms with Crippen LogP contribution in [0.1, 0.15) is 78.9 Å². The lowest BCUT2D eigenvalue weighted by atomic mass is 9.77. The molecule has 0 bridgehead atoms. The molecule has 0 heterocycles. The summed E-state index contributed by atoms with van der Waals surface area (Å²) in [7, 11) is 0. The molecule has 0 aliphatic heterocycles. The SMILES string of the molecule is CC.CC.CC.CC1CCc2cc(F)ccc2C1C. The van der Waals surface area contributed by atoms with Crippen LogP contribution in [0.3, 0.4) is 0 Å². The molecular weight excluding hydrogens is 235 g/mol. The summed E-state index contributed by atoms with van der Waals surface area (Å²) in [6.45, 7) is 16.5. The Morgan fingerprint density at radius 3 is 2.00 bits per heavy atom. The second-order valence-corrected chi connectivity index (χ2v) is 4.15. The summed E-state index contributed by atoms with van der Waals surface area (Å²) in [5, 5.41) is 0.